The average molecular weight is 272 g/mol. The van der Waals surface area contributed by atoms with Crippen molar-refractivity contribution in [3.05, 3.63) is 41.8 Å². The number of nitrogens with zero attached hydrogens (tertiary/aromatic N) is 1. The van der Waals surface area contributed by atoms with Gasteiger partial charge in [0.2, 0.25) is 0 Å². The van der Waals surface area contributed by atoms with E-state index in [0.717, 1.165) is 21.8 Å². The molecule has 5 heteroatoms. The molecule has 0 radical (unpaired) electrons. The molecular weight excluding hydrogens is 260 g/mol. The van der Waals surface area contributed by atoms with Gasteiger partial charge in [-0.1, -0.05) is 35.5 Å². The predicted octanol–water partition coefficient (Wildman–Crippen LogP) is 3.66. The number of anilines is 1. The first-order valence-electron chi connectivity index (χ1n) is 5.73. The van der Waals surface area contributed by atoms with Gasteiger partial charge in [-0.3, -0.25) is 0 Å². The van der Waals surface area contributed by atoms with Crippen molar-refractivity contribution < 1.29 is 9.26 Å². The van der Waals surface area contributed by atoms with E-state index in [9.17, 15) is 0 Å². The van der Waals surface area contributed by atoms with Gasteiger partial charge >= 0.3 is 0 Å². The standard InChI is InChI=1S/C14H12N2O2S/c1-17-10-7-8-19-13(10)12-11(14(15)16-18-12)9-5-3-2-4-6-9/h2-8H,1H3,(H2,15,16). The van der Waals surface area contributed by atoms with Gasteiger partial charge in [-0.25, -0.2) is 0 Å². The lowest BCUT2D eigenvalue weighted by Crippen LogP contribution is -1.88. The van der Waals surface area contributed by atoms with E-state index in [0.29, 0.717) is 11.6 Å². The molecular formula is C14H12N2O2S. The van der Waals surface area contributed by atoms with E-state index in [1.54, 1.807) is 7.11 Å². The van der Waals surface area contributed by atoms with E-state index in [1.165, 1.54) is 11.3 Å². The molecule has 0 saturated carbocycles. The second kappa shape index (κ2) is 4.78. The van der Waals surface area contributed by atoms with Gasteiger partial charge in [0.25, 0.3) is 0 Å². The lowest BCUT2D eigenvalue weighted by molar-refractivity contribution is 0.409. The number of thiophene rings is 1. The highest BCUT2D eigenvalue weighted by Crippen LogP contribution is 2.43. The summed E-state index contributed by atoms with van der Waals surface area (Å²) >= 11 is 1.54. The van der Waals surface area contributed by atoms with Crippen LogP contribution >= 0.6 is 11.3 Å². The third kappa shape index (κ3) is 1.98. The highest BCUT2D eigenvalue weighted by atomic mass is 32.1. The maximum Gasteiger partial charge on any atom is 0.190 e. The highest BCUT2D eigenvalue weighted by Gasteiger charge is 2.21. The monoisotopic (exact) mass is 272 g/mol. The summed E-state index contributed by atoms with van der Waals surface area (Å²) in [4.78, 5) is 0.894. The summed E-state index contributed by atoms with van der Waals surface area (Å²) in [5, 5.41) is 5.82. The summed E-state index contributed by atoms with van der Waals surface area (Å²) in [6.07, 6.45) is 0. The van der Waals surface area contributed by atoms with Gasteiger partial charge in [0.15, 0.2) is 11.6 Å². The summed E-state index contributed by atoms with van der Waals surface area (Å²) in [7, 11) is 1.63. The number of hydrogen-bond acceptors (Lipinski definition) is 5. The minimum absolute atomic E-state index is 0.386. The lowest BCUT2D eigenvalue weighted by atomic mass is 10.1. The van der Waals surface area contributed by atoms with Gasteiger partial charge in [0, 0.05) is 0 Å². The van der Waals surface area contributed by atoms with Crippen molar-refractivity contribution in [2.75, 3.05) is 12.8 Å². The highest BCUT2D eigenvalue weighted by molar-refractivity contribution is 7.14. The number of benzene rings is 1. The molecule has 2 aromatic heterocycles. The van der Waals surface area contributed by atoms with Gasteiger partial charge in [0.05, 0.1) is 12.7 Å². The molecule has 3 aromatic rings. The first kappa shape index (κ1) is 11.8. The molecule has 1 aromatic carbocycles. The van der Waals surface area contributed by atoms with Crippen molar-refractivity contribution in [2.45, 2.75) is 0 Å². The van der Waals surface area contributed by atoms with Crippen molar-refractivity contribution in [1.82, 2.24) is 5.16 Å². The van der Waals surface area contributed by atoms with Crippen molar-refractivity contribution in [2.24, 2.45) is 0 Å². The number of rotatable bonds is 3. The van der Waals surface area contributed by atoms with Crippen molar-refractivity contribution in [1.29, 1.82) is 0 Å². The third-order valence-corrected chi connectivity index (χ3v) is 3.73. The van der Waals surface area contributed by atoms with Gasteiger partial charge in [-0.2, -0.15) is 0 Å². The molecule has 2 N–H and O–H groups in total. The zero-order valence-electron chi connectivity index (χ0n) is 10.3. The number of ether oxygens (including phenoxy) is 1. The Kier molecular flexibility index (Phi) is 2.97. The van der Waals surface area contributed by atoms with Crippen LogP contribution in [-0.2, 0) is 0 Å². The Morgan fingerprint density at radius 3 is 2.74 bits per heavy atom. The number of aromatic nitrogens is 1. The topological polar surface area (TPSA) is 61.3 Å². The van der Waals surface area contributed by atoms with Crippen LogP contribution in [0, 0.1) is 0 Å². The molecule has 0 amide bonds. The molecule has 0 unspecified atom stereocenters. The summed E-state index contributed by atoms with van der Waals surface area (Å²) in [5.41, 5.74) is 7.72. The molecule has 2 heterocycles. The van der Waals surface area contributed by atoms with Crippen molar-refractivity contribution >= 4 is 17.2 Å². The minimum Gasteiger partial charge on any atom is -0.495 e. The Labute approximate surface area is 114 Å². The van der Waals surface area contributed by atoms with Crippen LogP contribution in [-0.4, -0.2) is 12.3 Å². The Hall–Kier alpha value is -2.27. The zero-order valence-corrected chi connectivity index (χ0v) is 11.1. The van der Waals surface area contributed by atoms with Crippen LogP contribution < -0.4 is 10.5 Å². The molecule has 0 fully saturated rings. The molecule has 0 aliphatic rings. The fourth-order valence-electron chi connectivity index (χ4n) is 1.96. The predicted molar refractivity (Wildman–Crippen MR) is 76.2 cm³/mol. The Morgan fingerprint density at radius 2 is 2.00 bits per heavy atom. The molecule has 0 aliphatic carbocycles. The van der Waals surface area contributed by atoms with Crippen LogP contribution in [0.2, 0.25) is 0 Å². The molecule has 0 atom stereocenters. The van der Waals surface area contributed by atoms with Crippen molar-refractivity contribution in [3.63, 3.8) is 0 Å². The van der Waals surface area contributed by atoms with Crippen molar-refractivity contribution in [3.8, 4) is 27.5 Å². The van der Waals surface area contributed by atoms with E-state index in [2.05, 4.69) is 5.16 Å². The molecule has 0 bridgehead atoms. The SMILES string of the molecule is COc1ccsc1-c1onc(N)c1-c1ccccc1. The van der Waals surface area contributed by atoms with Crippen LogP contribution in [0.5, 0.6) is 5.75 Å². The second-order valence-electron chi connectivity index (χ2n) is 3.96. The fourth-order valence-corrected chi connectivity index (χ4v) is 2.81. The van der Waals surface area contributed by atoms with Crippen LogP contribution in [0.4, 0.5) is 5.82 Å². The van der Waals surface area contributed by atoms with E-state index in [-0.39, 0.29) is 0 Å². The lowest BCUT2D eigenvalue weighted by Gasteiger charge is -2.03. The van der Waals surface area contributed by atoms with Gasteiger partial charge in [-0.15, -0.1) is 11.3 Å². The molecule has 3 rings (SSSR count). The number of nitrogens with two attached hydrogens (primary N) is 1. The first-order chi connectivity index (χ1) is 9.31. The van der Waals surface area contributed by atoms with Crippen LogP contribution in [0.3, 0.4) is 0 Å². The summed E-state index contributed by atoms with van der Waals surface area (Å²) in [5.74, 6) is 1.80. The maximum atomic E-state index is 5.93. The first-order valence-corrected chi connectivity index (χ1v) is 6.61. The van der Waals surface area contributed by atoms with E-state index in [1.807, 2.05) is 41.8 Å². The number of methoxy groups -OCH3 is 1. The Balaban J connectivity index is 2.20. The molecule has 0 saturated heterocycles. The molecule has 19 heavy (non-hydrogen) atoms. The summed E-state index contributed by atoms with van der Waals surface area (Å²) in [6.45, 7) is 0. The molecule has 0 spiro atoms. The number of nitrogen functional groups attached to an aromatic ring is 1. The fraction of sp³-hybridized carbons (Fsp3) is 0.0714. The molecule has 96 valence electrons. The van der Waals surface area contributed by atoms with Crippen LogP contribution in [0.25, 0.3) is 21.8 Å². The quantitative estimate of drug-likeness (QED) is 0.790. The summed E-state index contributed by atoms with van der Waals surface area (Å²) < 4.78 is 10.7. The van der Waals surface area contributed by atoms with E-state index in [4.69, 9.17) is 15.0 Å². The molecule has 0 aliphatic heterocycles. The minimum atomic E-state index is 0.386. The smallest absolute Gasteiger partial charge is 0.190 e. The third-order valence-electron chi connectivity index (χ3n) is 2.84. The van der Waals surface area contributed by atoms with Crippen LogP contribution in [0.15, 0.2) is 46.3 Å². The van der Waals surface area contributed by atoms with E-state index >= 15 is 0 Å². The summed E-state index contributed by atoms with van der Waals surface area (Å²) in [6, 6.07) is 11.7. The Bertz CT molecular complexity index is 689. The van der Waals surface area contributed by atoms with E-state index < -0.39 is 0 Å². The Morgan fingerprint density at radius 1 is 1.21 bits per heavy atom. The average Bonchev–Trinajstić information content (AvgIpc) is 3.05. The van der Waals surface area contributed by atoms with Gasteiger partial charge < -0.3 is 15.0 Å². The van der Waals surface area contributed by atoms with Crippen LogP contribution in [0.1, 0.15) is 0 Å². The largest absolute Gasteiger partial charge is 0.495 e. The second-order valence-corrected chi connectivity index (χ2v) is 4.87. The molecule has 4 nitrogen and oxygen atoms in total. The van der Waals surface area contributed by atoms with Gasteiger partial charge in [0.1, 0.15) is 10.6 Å². The normalized spacial score (nSPS) is 10.6. The maximum absolute atomic E-state index is 5.93. The number of hydrogen-bond donors (Lipinski definition) is 1. The zero-order chi connectivity index (χ0) is 13.2. The van der Waals surface area contributed by atoms with Gasteiger partial charge in [-0.05, 0) is 17.0 Å².